The molecule has 0 aliphatic heterocycles. The first kappa shape index (κ1) is 14.0. The van der Waals surface area contributed by atoms with Gasteiger partial charge in [-0.3, -0.25) is 9.78 Å². The fraction of sp³-hybridized carbons (Fsp3) is 0.600. The lowest BCUT2D eigenvalue weighted by Crippen LogP contribution is -2.48. The third kappa shape index (κ3) is 2.50. The van der Waals surface area contributed by atoms with Crippen molar-refractivity contribution in [3.63, 3.8) is 0 Å². The molecule has 1 saturated carbocycles. The third-order valence-electron chi connectivity index (χ3n) is 4.61. The Morgan fingerprint density at radius 3 is 2.68 bits per heavy atom. The minimum atomic E-state index is -0.407. The normalized spacial score (nSPS) is 28.1. The van der Waals surface area contributed by atoms with Crippen LogP contribution in [0.1, 0.15) is 44.7 Å². The van der Waals surface area contributed by atoms with Crippen molar-refractivity contribution in [2.75, 3.05) is 7.05 Å². The van der Waals surface area contributed by atoms with E-state index in [9.17, 15) is 4.79 Å². The summed E-state index contributed by atoms with van der Waals surface area (Å²) in [4.78, 5) is 18.6. The van der Waals surface area contributed by atoms with E-state index in [1.807, 2.05) is 37.9 Å². The van der Waals surface area contributed by atoms with E-state index in [4.69, 9.17) is 5.73 Å². The van der Waals surface area contributed by atoms with Crippen molar-refractivity contribution in [3.05, 3.63) is 30.1 Å². The van der Waals surface area contributed by atoms with Crippen molar-refractivity contribution in [3.8, 4) is 0 Å². The molecule has 0 aromatic carbocycles. The highest BCUT2D eigenvalue weighted by molar-refractivity contribution is 5.83. The number of nitrogens with zero attached hydrogens (tertiary/aromatic N) is 2. The van der Waals surface area contributed by atoms with Crippen LogP contribution in [-0.4, -0.2) is 28.9 Å². The molecule has 3 unspecified atom stereocenters. The van der Waals surface area contributed by atoms with Crippen LogP contribution in [0.5, 0.6) is 0 Å². The molecule has 2 rings (SSSR count). The molecule has 1 fully saturated rings. The second-order valence-corrected chi connectivity index (χ2v) is 5.79. The first-order valence-corrected chi connectivity index (χ1v) is 6.89. The lowest BCUT2D eigenvalue weighted by Gasteiger charge is -2.35. The minimum Gasteiger partial charge on any atom is -0.338 e. The maximum atomic E-state index is 12.7. The summed E-state index contributed by atoms with van der Waals surface area (Å²) in [5.74, 6) is 0.154. The van der Waals surface area contributed by atoms with Crippen LogP contribution in [0.25, 0.3) is 0 Å². The molecule has 0 saturated heterocycles. The number of hydrogen-bond acceptors (Lipinski definition) is 3. The van der Waals surface area contributed by atoms with Crippen LogP contribution in [0, 0.1) is 5.41 Å². The Balaban J connectivity index is 2.15. The van der Waals surface area contributed by atoms with Gasteiger partial charge in [-0.2, -0.15) is 0 Å². The molecule has 3 atom stereocenters. The van der Waals surface area contributed by atoms with Gasteiger partial charge in [0.2, 0.25) is 5.91 Å². The SMILES string of the molecule is CC(c1ccncc1)N(C)C(=O)C1(C)CCCC1N. The predicted molar refractivity (Wildman–Crippen MR) is 75.4 cm³/mol. The van der Waals surface area contributed by atoms with Gasteiger partial charge in [0.25, 0.3) is 0 Å². The average Bonchev–Trinajstić information content (AvgIpc) is 2.78. The Morgan fingerprint density at radius 2 is 2.16 bits per heavy atom. The summed E-state index contributed by atoms with van der Waals surface area (Å²) >= 11 is 0. The number of carbonyl (C=O) groups excluding carboxylic acids is 1. The summed E-state index contributed by atoms with van der Waals surface area (Å²) in [7, 11) is 1.86. The topological polar surface area (TPSA) is 59.2 Å². The highest BCUT2D eigenvalue weighted by atomic mass is 16.2. The van der Waals surface area contributed by atoms with E-state index in [1.165, 1.54) is 0 Å². The van der Waals surface area contributed by atoms with Crippen molar-refractivity contribution >= 4 is 5.91 Å². The molecule has 4 heteroatoms. The second-order valence-electron chi connectivity index (χ2n) is 5.79. The summed E-state index contributed by atoms with van der Waals surface area (Å²) < 4.78 is 0. The third-order valence-corrected chi connectivity index (χ3v) is 4.61. The zero-order valence-electron chi connectivity index (χ0n) is 12.0. The molecule has 0 radical (unpaired) electrons. The van der Waals surface area contributed by atoms with Gasteiger partial charge in [0.1, 0.15) is 0 Å². The van der Waals surface area contributed by atoms with E-state index in [0.717, 1.165) is 24.8 Å². The molecular weight excluding hydrogens is 238 g/mol. The molecule has 104 valence electrons. The lowest BCUT2D eigenvalue weighted by molar-refractivity contribution is -0.142. The van der Waals surface area contributed by atoms with Gasteiger partial charge in [-0.25, -0.2) is 0 Å². The Hall–Kier alpha value is -1.42. The molecule has 1 aliphatic rings. The van der Waals surface area contributed by atoms with Crippen LogP contribution < -0.4 is 5.73 Å². The largest absolute Gasteiger partial charge is 0.338 e. The highest BCUT2D eigenvalue weighted by Crippen LogP contribution is 2.39. The Labute approximate surface area is 115 Å². The molecule has 19 heavy (non-hydrogen) atoms. The fourth-order valence-corrected chi connectivity index (χ4v) is 2.90. The summed E-state index contributed by atoms with van der Waals surface area (Å²) in [6.07, 6.45) is 6.39. The van der Waals surface area contributed by atoms with E-state index in [0.29, 0.717) is 0 Å². The maximum Gasteiger partial charge on any atom is 0.230 e. The van der Waals surface area contributed by atoms with Gasteiger partial charge in [0, 0.05) is 25.5 Å². The fourth-order valence-electron chi connectivity index (χ4n) is 2.90. The van der Waals surface area contributed by atoms with Crippen LogP contribution in [-0.2, 0) is 4.79 Å². The van der Waals surface area contributed by atoms with Gasteiger partial charge in [-0.15, -0.1) is 0 Å². The molecule has 1 aromatic rings. The Morgan fingerprint density at radius 1 is 1.53 bits per heavy atom. The number of aromatic nitrogens is 1. The monoisotopic (exact) mass is 261 g/mol. The second kappa shape index (κ2) is 5.29. The summed E-state index contributed by atoms with van der Waals surface area (Å²) in [6, 6.07) is 3.92. The molecule has 1 aromatic heterocycles. The maximum absolute atomic E-state index is 12.7. The molecule has 0 bridgehead atoms. The standard InChI is InChI=1S/C15H23N3O/c1-11(12-6-9-17-10-7-12)18(3)14(19)15(2)8-4-5-13(15)16/h6-7,9-11,13H,4-5,8,16H2,1-3H3. The number of carbonyl (C=O) groups is 1. The zero-order valence-corrected chi connectivity index (χ0v) is 12.0. The van der Waals surface area contributed by atoms with Gasteiger partial charge >= 0.3 is 0 Å². The van der Waals surface area contributed by atoms with E-state index in [2.05, 4.69) is 4.98 Å². The molecule has 1 heterocycles. The molecule has 0 spiro atoms. The summed E-state index contributed by atoms with van der Waals surface area (Å²) in [5, 5.41) is 0. The van der Waals surface area contributed by atoms with Crippen molar-refractivity contribution in [1.29, 1.82) is 0 Å². The van der Waals surface area contributed by atoms with Crippen LogP contribution in [0.15, 0.2) is 24.5 Å². The van der Waals surface area contributed by atoms with Crippen LogP contribution in [0.3, 0.4) is 0 Å². The first-order valence-electron chi connectivity index (χ1n) is 6.89. The number of rotatable bonds is 3. The van der Waals surface area contributed by atoms with Crippen LogP contribution >= 0.6 is 0 Å². The van der Waals surface area contributed by atoms with Gasteiger partial charge in [0.05, 0.1) is 11.5 Å². The van der Waals surface area contributed by atoms with Gasteiger partial charge < -0.3 is 10.6 Å². The van der Waals surface area contributed by atoms with Crippen molar-refractivity contribution in [1.82, 2.24) is 9.88 Å². The highest BCUT2D eigenvalue weighted by Gasteiger charge is 2.45. The number of amides is 1. The molecular formula is C15H23N3O. The van der Waals surface area contributed by atoms with E-state index < -0.39 is 5.41 Å². The smallest absolute Gasteiger partial charge is 0.230 e. The zero-order chi connectivity index (χ0) is 14.0. The van der Waals surface area contributed by atoms with E-state index in [1.54, 1.807) is 12.4 Å². The Kier molecular flexibility index (Phi) is 3.90. The van der Waals surface area contributed by atoms with Crippen LogP contribution in [0.2, 0.25) is 0 Å². The van der Waals surface area contributed by atoms with Crippen LogP contribution in [0.4, 0.5) is 0 Å². The lowest BCUT2D eigenvalue weighted by atomic mass is 9.83. The van der Waals surface area contributed by atoms with Crippen molar-refractivity contribution < 1.29 is 4.79 Å². The quantitative estimate of drug-likeness (QED) is 0.906. The molecule has 1 amide bonds. The van der Waals surface area contributed by atoms with Gasteiger partial charge in [-0.1, -0.05) is 6.42 Å². The predicted octanol–water partition coefficient (Wildman–Crippen LogP) is 2.12. The Bertz CT molecular complexity index is 448. The van der Waals surface area contributed by atoms with Crippen molar-refractivity contribution in [2.45, 2.75) is 45.2 Å². The minimum absolute atomic E-state index is 0.0212. The van der Waals surface area contributed by atoms with E-state index in [-0.39, 0.29) is 18.0 Å². The van der Waals surface area contributed by atoms with Gasteiger partial charge in [-0.05, 0) is 44.4 Å². The van der Waals surface area contributed by atoms with Gasteiger partial charge in [0.15, 0.2) is 0 Å². The first-order chi connectivity index (χ1) is 8.97. The molecule has 1 aliphatic carbocycles. The number of nitrogens with two attached hydrogens (primary N) is 1. The average molecular weight is 261 g/mol. The summed E-state index contributed by atoms with van der Waals surface area (Å²) in [6.45, 7) is 4.04. The van der Waals surface area contributed by atoms with Crippen molar-refractivity contribution in [2.24, 2.45) is 11.1 Å². The molecule has 2 N–H and O–H groups in total. The molecule has 4 nitrogen and oxygen atoms in total. The van der Waals surface area contributed by atoms with E-state index >= 15 is 0 Å². The number of hydrogen-bond donors (Lipinski definition) is 1. The number of pyridine rings is 1. The summed E-state index contributed by atoms with van der Waals surface area (Å²) in [5.41, 5.74) is 6.82.